The third kappa shape index (κ3) is 7.28. The summed E-state index contributed by atoms with van der Waals surface area (Å²) in [5.74, 6) is -1.67. The molecule has 0 heterocycles. The molecule has 0 aromatic heterocycles. The van der Waals surface area contributed by atoms with Crippen LogP contribution in [0.1, 0.15) is 36.5 Å². The van der Waals surface area contributed by atoms with Crippen LogP contribution in [0.3, 0.4) is 0 Å². The van der Waals surface area contributed by atoms with Gasteiger partial charge in [-0.1, -0.05) is 23.8 Å². The fraction of sp³-hybridized carbons (Fsp3) is 0.353. The molecule has 0 aliphatic carbocycles. The number of hydrogen-bond donors (Lipinski definition) is 3. The first-order chi connectivity index (χ1) is 11.4. The predicted octanol–water partition coefficient (Wildman–Crippen LogP) is 2.39. The summed E-state index contributed by atoms with van der Waals surface area (Å²) >= 11 is 5.75. The number of hydrogen-bond acceptors (Lipinski definition) is 3. The second kappa shape index (κ2) is 10.4. The molecule has 0 spiro atoms. The number of benzene rings is 1. The summed E-state index contributed by atoms with van der Waals surface area (Å²) in [6.07, 6.45) is 4.21. The lowest BCUT2D eigenvalue weighted by atomic mass is 10.2. The van der Waals surface area contributed by atoms with Crippen molar-refractivity contribution in [3.8, 4) is 0 Å². The van der Waals surface area contributed by atoms with Gasteiger partial charge in [-0.3, -0.25) is 9.59 Å². The minimum absolute atomic E-state index is 0.139. The Morgan fingerprint density at radius 2 is 1.92 bits per heavy atom. The predicted molar refractivity (Wildman–Crippen MR) is 92.0 cm³/mol. The zero-order chi connectivity index (χ0) is 17.9. The lowest BCUT2D eigenvalue weighted by molar-refractivity contribution is -0.141. The van der Waals surface area contributed by atoms with Crippen molar-refractivity contribution in [2.24, 2.45) is 0 Å². The zero-order valence-corrected chi connectivity index (χ0v) is 14.2. The van der Waals surface area contributed by atoms with E-state index < -0.39 is 12.0 Å². The monoisotopic (exact) mass is 352 g/mol. The number of carbonyl (C=O) groups is 3. The van der Waals surface area contributed by atoms with Gasteiger partial charge < -0.3 is 15.7 Å². The molecule has 1 aromatic rings. The van der Waals surface area contributed by atoms with Gasteiger partial charge >= 0.3 is 5.97 Å². The van der Waals surface area contributed by atoms with E-state index in [2.05, 4.69) is 10.6 Å². The molecule has 130 valence electrons. The van der Waals surface area contributed by atoms with Gasteiger partial charge in [0, 0.05) is 23.6 Å². The molecule has 1 unspecified atom stereocenters. The van der Waals surface area contributed by atoms with Gasteiger partial charge in [-0.25, -0.2) is 4.79 Å². The second-order valence-corrected chi connectivity index (χ2v) is 5.57. The molecule has 0 bridgehead atoms. The van der Waals surface area contributed by atoms with Crippen LogP contribution in [0.5, 0.6) is 0 Å². The number of allylic oxidation sites excluding steroid dienone is 1. The van der Waals surface area contributed by atoms with Crippen LogP contribution < -0.4 is 10.6 Å². The average Bonchev–Trinajstić information content (AvgIpc) is 2.55. The number of carbonyl (C=O) groups excluding carboxylic acids is 2. The molecule has 24 heavy (non-hydrogen) atoms. The Bertz CT molecular complexity index is 599. The quantitative estimate of drug-likeness (QED) is 0.469. The molecule has 7 heteroatoms. The van der Waals surface area contributed by atoms with Gasteiger partial charge in [0.05, 0.1) is 0 Å². The highest BCUT2D eigenvalue weighted by Gasteiger charge is 2.17. The summed E-state index contributed by atoms with van der Waals surface area (Å²) in [6.45, 7) is 2.10. The van der Waals surface area contributed by atoms with Crippen molar-refractivity contribution >= 4 is 29.4 Å². The van der Waals surface area contributed by atoms with Gasteiger partial charge in [0.2, 0.25) is 5.91 Å². The molecule has 1 rings (SSSR count). The number of carboxylic acid groups (broad SMARTS) is 1. The molecular weight excluding hydrogens is 332 g/mol. The smallest absolute Gasteiger partial charge is 0.326 e. The molecule has 1 aromatic carbocycles. The fourth-order valence-corrected chi connectivity index (χ4v) is 2.04. The maximum absolute atomic E-state index is 11.8. The van der Waals surface area contributed by atoms with E-state index in [4.69, 9.17) is 16.7 Å². The van der Waals surface area contributed by atoms with Gasteiger partial charge in [0.15, 0.2) is 0 Å². The maximum atomic E-state index is 11.8. The summed E-state index contributed by atoms with van der Waals surface area (Å²) < 4.78 is 0. The van der Waals surface area contributed by atoms with E-state index >= 15 is 0 Å². The molecule has 0 fully saturated rings. The molecule has 0 saturated heterocycles. The first kappa shape index (κ1) is 19.7. The Balaban J connectivity index is 2.30. The summed E-state index contributed by atoms with van der Waals surface area (Å²) in [5, 5.41) is 14.7. The highest BCUT2D eigenvalue weighted by Crippen LogP contribution is 2.09. The minimum Gasteiger partial charge on any atom is -0.480 e. The standard InChI is InChI=1S/C17H21ClN2O4/c1-2-3-5-14(17(23)24)20-15(21)6-4-11-19-16(22)12-7-9-13(18)10-8-12/h2-3,7-10,14H,4-6,11H2,1H3,(H,19,22)(H,20,21)(H,23,24)/b3-2+. The van der Waals surface area contributed by atoms with Crippen molar-refractivity contribution in [1.82, 2.24) is 10.6 Å². The van der Waals surface area contributed by atoms with E-state index in [9.17, 15) is 14.4 Å². The fourth-order valence-electron chi connectivity index (χ4n) is 1.91. The lowest BCUT2D eigenvalue weighted by Crippen LogP contribution is -2.40. The van der Waals surface area contributed by atoms with Crippen molar-refractivity contribution < 1.29 is 19.5 Å². The summed E-state index contributed by atoms with van der Waals surface area (Å²) in [5.41, 5.74) is 0.487. The number of halogens is 1. The summed E-state index contributed by atoms with van der Waals surface area (Å²) in [7, 11) is 0. The molecule has 0 radical (unpaired) electrons. The Hall–Kier alpha value is -2.34. The highest BCUT2D eigenvalue weighted by atomic mass is 35.5. The van der Waals surface area contributed by atoms with Crippen LogP contribution in [0.2, 0.25) is 5.02 Å². The largest absolute Gasteiger partial charge is 0.480 e. The SMILES string of the molecule is C/C=C/CC(NC(=O)CCCNC(=O)c1ccc(Cl)cc1)C(=O)O. The molecular formula is C17H21ClN2O4. The Labute approximate surface area is 145 Å². The van der Waals surface area contributed by atoms with Crippen LogP contribution in [0, 0.1) is 0 Å². The zero-order valence-electron chi connectivity index (χ0n) is 13.4. The van der Waals surface area contributed by atoms with Crippen LogP contribution >= 0.6 is 11.6 Å². The number of nitrogens with one attached hydrogen (secondary N) is 2. The third-order valence-corrected chi connectivity index (χ3v) is 3.47. The number of rotatable bonds is 9. The number of amides is 2. The molecule has 6 nitrogen and oxygen atoms in total. The molecule has 0 saturated carbocycles. The summed E-state index contributed by atoms with van der Waals surface area (Å²) in [4.78, 5) is 34.6. The van der Waals surface area contributed by atoms with Gasteiger partial charge in [0.25, 0.3) is 5.91 Å². The van der Waals surface area contributed by atoms with Gasteiger partial charge in [-0.15, -0.1) is 0 Å². The molecule has 0 aliphatic heterocycles. The van der Waals surface area contributed by atoms with Gasteiger partial charge in [-0.05, 0) is 44.0 Å². The first-order valence-electron chi connectivity index (χ1n) is 7.61. The normalized spacial score (nSPS) is 11.9. The van der Waals surface area contributed by atoms with Crippen molar-refractivity contribution in [2.75, 3.05) is 6.54 Å². The van der Waals surface area contributed by atoms with E-state index in [0.29, 0.717) is 23.6 Å². The van der Waals surface area contributed by atoms with E-state index in [0.717, 1.165) is 0 Å². The molecule has 1 atom stereocenters. The maximum Gasteiger partial charge on any atom is 0.326 e. The first-order valence-corrected chi connectivity index (χ1v) is 7.99. The van der Waals surface area contributed by atoms with Gasteiger partial charge in [-0.2, -0.15) is 0 Å². The molecule has 3 N–H and O–H groups in total. The lowest BCUT2D eigenvalue weighted by Gasteiger charge is -2.12. The number of aliphatic carboxylic acids is 1. The highest BCUT2D eigenvalue weighted by molar-refractivity contribution is 6.30. The van der Waals surface area contributed by atoms with Crippen LogP contribution in [0.15, 0.2) is 36.4 Å². The van der Waals surface area contributed by atoms with E-state index in [1.165, 1.54) is 0 Å². The van der Waals surface area contributed by atoms with Gasteiger partial charge in [0.1, 0.15) is 6.04 Å². The van der Waals surface area contributed by atoms with Crippen molar-refractivity contribution in [1.29, 1.82) is 0 Å². The van der Waals surface area contributed by atoms with E-state index in [1.54, 1.807) is 43.3 Å². The Morgan fingerprint density at radius 1 is 1.25 bits per heavy atom. The van der Waals surface area contributed by atoms with Crippen LogP contribution in [0.25, 0.3) is 0 Å². The number of carboxylic acids is 1. The second-order valence-electron chi connectivity index (χ2n) is 5.13. The minimum atomic E-state index is -1.07. The van der Waals surface area contributed by atoms with E-state index in [1.807, 2.05) is 0 Å². The molecule has 0 aliphatic rings. The summed E-state index contributed by atoms with van der Waals surface area (Å²) in [6, 6.07) is 5.55. The average molecular weight is 353 g/mol. The Kier molecular flexibility index (Phi) is 8.57. The molecule has 2 amide bonds. The van der Waals surface area contributed by atoms with Crippen molar-refractivity contribution in [3.05, 3.63) is 47.0 Å². The van der Waals surface area contributed by atoms with E-state index in [-0.39, 0.29) is 24.7 Å². The van der Waals surface area contributed by atoms with Crippen molar-refractivity contribution in [2.45, 2.75) is 32.2 Å². The van der Waals surface area contributed by atoms with Crippen molar-refractivity contribution in [3.63, 3.8) is 0 Å². The van der Waals surface area contributed by atoms with Crippen LogP contribution in [-0.4, -0.2) is 35.5 Å². The topological polar surface area (TPSA) is 95.5 Å². The van der Waals surface area contributed by atoms with Crippen LogP contribution in [0.4, 0.5) is 0 Å². The third-order valence-electron chi connectivity index (χ3n) is 3.21. The Morgan fingerprint density at radius 3 is 2.50 bits per heavy atom. The van der Waals surface area contributed by atoms with Crippen LogP contribution in [-0.2, 0) is 9.59 Å².